The van der Waals surface area contributed by atoms with Crippen LogP contribution in [0.2, 0.25) is 5.02 Å². The van der Waals surface area contributed by atoms with Gasteiger partial charge in [0.25, 0.3) is 17.4 Å². The third kappa shape index (κ3) is 4.47. The molecule has 4 rings (SSSR count). The van der Waals surface area contributed by atoms with Crippen LogP contribution >= 0.6 is 11.6 Å². The number of rotatable bonds is 4. The number of carbonyl (C=O) groups excluding carboxylic acids is 2. The van der Waals surface area contributed by atoms with Gasteiger partial charge in [-0.3, -0.25) is 24.6 Å². The number of nitro benzene ring substituents is 1. The smallest absolute Gasteiger partial charge is 0.416 e. The first-order valence-corrected chi connectivity index (χ1v) is 10.4. The summed E-state index contributed by atoms with van der Waals surface area (Å²) >= 11 is 5.95. The zero-order valence-corrected chi connectivity index (χ0v) is 18.2. The molecule has 0 spiro atoms. The van der Waals surface area contributed by atoms with Gasteiger partial charge < -0.3 is 5.11 Å². The minimum absolute atomic E-state index is 0.0107. The third-order valence-corrected chi connectivity index (χ3v) is 5.69. The minimum atomic E-state index is -4.70. The average Bonchev–Trinajstić information content (AvgIpc) is 3.09. The number of nitrogens with zero attached hydrogens (tertiary/aromatic N) is 2. The number of anilines is 1. The number of alkyl halides is 3. The van der Waals surface area contributed by atoms with Crippen molar-refractivity contribution in [3.8, 4) is 0 Å². The predicted molar refractivity (Wildman–Crippen MR) is 121 cm³/mol. The number of hydrogen-bond donors (Lipinski definition) is 1. The van der Waals surface area contributed by atoms with E-state index in [-0.39, 0.29) is 22.5 Å². The molecule has 1 N–H and O–H groups in total. The van der Waals surface area contributed by atoms with Gasteiger partial charge in [-0.15, -0.1) is 0 Å². The van der Waals surface area contributed by atoms with Crippen LogP contribution in [0.25, 0.3) is 5.76 Å². The number of hydrogen-bond acceptors (Lipinski definition) is 5. The summed E-state index contributed by atoms with van der Waals surface area (Å²) in [5, 5.41) is 22.2. The summed E-state index contributed by atoms with van der Waals surface area (Å²) in [7, 11) is 0. The van der Waals surface area contributed by atoms with Gasteiger partial charge in [0.1, 0.15) is 5.76 Å². The molecule has 1 saturated heterocycles. The molecule has 1 aliphatic rings. The van der Waals surface area contributed by atoms with Crippen molar-refractivity contribution in [1.82, 2.24) is 0 Å². The van der Waals surface area contributed by atoms with E-state index in [4.69, 9.17) is 11.6 Å². The highest BCUT2D eigenvalue weighted by atomic mass is 35.5. The Bertz CT molecular complexity index is 1370. The second kappa shape index (κ2) is 8.88. The van der Waals surface area contributed by atoms with Gasteiger partial charge in [0.05, 0.1) is 22.1 Å². The summed E-state index contributed by atoms with van der Waals surface area (Å²) in [5.41, 5.74) is -1.57. The van der Waals surface area contributed by atoms with Crippen LogP contribution in [0.5, 0.6) is 0 Å². The van der Waals surface area contributed by atoms with Crippen molar-refractivity contribution in [2.75, 3.05) is 4.90 Å². The van der Waals surface area contributed by atoms with Crippen molar-refractivity contribution in [3.05, 3.63) is 110 Å². The molecule has 3 aromatic carbocycles. The highest BCUT2D eigenvalue weighted by molar-refractivity contribution is 6.51. The Hall–Kier alpha value is -4.18. The first kappa shape index (κ1) is 24.0. The molecular formula is C24H14ClF3N2O5. The lowest BCUT2D eigenvalue weighted by molar-refractivity contribution is -0.384. The monoisotopic (exact) mass is 502 g/mol. The maximum atomic E-state index is 13.3. The number of Topliss-reactive ketones (excluding diaryl/α,β-unsaturated/α-hetero) is 1. The maximum absolute atomic E-state index is 13.3. The SMILES string of the molecule is O=C1C(=O)N(c2cccc(C(F)(F)F)c2)C(c2ccc(Cl)cc2)C1=C(O)c1ccc([N+](=O)[O-])cc1. The number of non-ortho nitro benzene ring substituents is 1. The van der Waals surface area contributed by atoms with E-state index in [2.05, 4.69) is 0 Å². The lowest BCUT2D eigenvalue weighted by atomic mass is 9.95. The van der Waals surface area contributed by atoms with Crippen molar-refractivity contribution in [2.45, 2.75) is 12.2 Å². The molecule has 0 saturated carbocycles. The molecular weight excluding hydrogens is 489 g/mol. The molecule has 0 aliphatic carbocycles. The molecule has 1 unspecified atom stereocenters. The summed E-state index contributed by atoms with van der Waals surface area (Å²) in [6.07, 6.45) is -4.70. The Labute approximate surface area is 200 Å². The molecule has 1 heterocycles. The van der Waals surface area contributed by atoms with Gasteiger partial charge in [0.2, 0.25) is 0 Å². The fraction of sp³-hybridized carbons (Fsp3) is 0.0833. The van der Waals surface area contributed by atoms with E-state index in [9.17, 15) is 38.0 Å². The molecule has 1 aliphatic heterocycles. The fourth-order valence-electron chi connectivity index (χ4n) is 3.79. The minimum Gasteiger partial charge on any atom is -0.507 e. The van der Waals surface area contributed by atoms with Gasteiger partial charge >= 0.3 is 6.18 Å². The first-order valence-electron chi connectivity index (χ1n) is 9.97. The average molecular weight is 503 g/mol. The quantitative estimate of drug-likeness (QED) is 0.157. The first-order chi connectivity index (χ1) is 16.5. The van der Waals surface area contributed by atoms with Crippen molar-refractivity contribution in [2.24, 2.45) is 0 Å². The highest BCUT2D eigenvalue weighted by Crippen LogP contribution is 2.43. The third-order valence-electron chi connectivity index (χ3n) is 5.43. The van der Waals surface area contributed by atoms with Crippen molar-refractivity contribution < 1.29 is 32.8 Å². The zero-order chi connectivity index (χ0) is 25.5. The van der Waals surface area contributed by atoms with Crippen LogP contribution < -0.4 is 4.90 Å². The second-order valence-electron chi connectivity index (χ2n) is 7.57. The van der Waals surface area contributed by atoms with E-state index in [1.165, 1.54) is 42.5 Å². The van der Waals surface area contributed by atoms with Gasteiger partial charge in [0, 0.05) is 28.4 Å². The molecule has 1 amide bonds. The van der Waals surface area contributed by atoms with Gasteiger partial charge in [-0.05, 0) is 48.0 Å². The van der Waals surface area contributed by atoms with E-state index in [1.807, 2.05) is 0 Å². The lowest BCUT2D eigenvalue weighted by Gasteiger charge is -2.26. The molecule has 0 bridgehead atoms. The number of benzene rings is 3. The molecule has 1 fully saturated rings. The number of amides is 1. The van der Waals surface area contributed by atoms with Gasteiger partial charge in [-0.1, -0.05) is 29.8 Å². The van der Waals surface area contributed by atoms with E-state index >= 15 is 0 Å². The summed E-state index contributed by atoms with van der Waals surface area (Å²) in [5.74, 6) is -2.90. The predicted octanol–water partition coefficient (Wildman–Crippen LogP) is 5.89. The Morgan fingerprint density at radius 1 is 1.00 bits per heavy atom. The van der Waals surface area contributed by atoms with Gasteiger partial charge in [-0.2, -0.15) is 13.2 Å². The molecule has 1 atom stereocenters. The van der Waals surface area contributed by atoms with Gasteiger partial charge in [0.15, 0.2) is 0 Å². The van der Waals surface area contributed by atoms with Crippen LogP contribution in [0.3, 0.4) is 0 Å². The number of halogens is 4. The summed E-state index contributed by atoms with van der Waals surface area (Å²) < 4.78 is 40.0. The van der Waals surface area contributed by atoms with Crippen molar-refractivity contribution in [1.29, 1.82) is 0 Å². The second-order valence-corrected chi connectivity index (χ2v) is 8.01. The van der Waals surface area contributed by atoms with E-state index in [1.54, 1.807) is 0 Å². The Morgan fingerprint density at radius 2 is 1.63 bits per heavy atom. The number of aliphatic hydroxyl groups is 1. The van der Waals surface area contributed by atoms with E-state index in [0.717, 1.165) is 35.2 Å². The number of nitro groups is 1. The van der Waals surface area contributed by atoms with Crippen molar-refractivity contribution in [3.63, 3.8) is 0 Å². The van der Waals surface area contributed by atoms with Crippen LogP contribution in [0.4, 0.5) is 24.5 Å². The molecule has 3 aromatic rings. The Balaban J connectivity index is 1.92. The fourth-order valence-corrected chi connectivity index (χ4v) is 3.91. The molecule has 11 heteroatoms. The topological polar surface area (TPSA) is 101 Å². The molecule has 0 radical (unpaired) electrons. The Kier molecular flexibility index (Phi) is 6.08. The maximum Gasteiger partial charge on any atom is 0.416 e. The number of carbonyl (C=O) groups is 2. The summed E-state index contributed by atoms with van der Waals surface area (Å²) in [4.78, 5) is 37.2. The molecule has 7 nitrogen and oxygen atoms in total. The van der Waals surface area contributed by atoms with Crippen LogP contribution in [-0.2, 0) is 15.8 Å². The van der Waals surface area contributed by atoms with Crippen LogP contribution in [-0.4, -0.2) is 21.7 Å². The van der Waals surface area contributed by atoms with Crippen LogP contribution in [0, 0.1) is 10.1 Å². The molecule has 35 heavy (non-hydrogen) atoms. The van der Waals surface area contributed by atoms with Crippen LogP contribution in [0.1, 0.15) is 22.7 Å². The van der Waals surface area contributed by atoms with Crippen LogP contribution in [0.15, 0.2) is 78.4 Å². The number of aliphatic hydroxyl groups excluding tert-OH is 1. The van der Waals surface area contributed by atoms with Crippen molar-refractivity contribution >= 4 is 40.4 Å². The summed E-state index contributed by atoms with van der Waals surface area (Å²) in [6.45, 7) is 0. The molecule has 0 aromatic heterocycles. The highest BCUT2D eigenvalue weighted by Gasteiger charge is 2.47. The zero-order valence-electron chi connectivity index (χ0n) is 17.5. The van der Waals surface area contributed by atoms with Gasteiger partial charge in [-0.25, -0.2) is 0 Å². The summed E-state index contributed by atoms with van der Waals surface area (Å²) in [6, 6.07) is 13.1. The van der Waals surface area contributed by atoms with E-state index < -0.39 is 40.2 Å². The standard InChI is InChI=1S/C24H14ClF3N2O5/c25-16-8-4-13(5-9-16)20-19(21(31)14-6-10-17(11-7-14)30(34)35)22(32)23(33)29(20)18-3-1-2-15(12-18)24(26,27)28/h1-12,20,31H. The Morgan fingerprint density at radius 3 is 2.20 bits per heavy atom. The number of ketones is 1. The molecule has 178 valence electrons. The normalized spacial score (nSPS) is 17.6. The lowest BCUT2D eigenvalue weighted by Crippen LogP contribution is -2.29. The van der Waals surface area contributed by atoms with E-state index in [0.29, 0.717) is 10.6 Å². The largest absolute Gasteiger partial charge is 0.507 e.